The molecule has 0 spiro atoms. The van der Waals surface area contributed by atoms with Gasteiger partial charge in [-0.3, -0.25) is 4.90 Å². The Morgan fingerprint density at radius 1 is 1.29 bits per heavy atom. The number of rotatable bonds is 6. The molecule has 1 saturated heterocycles. The summed E-state index contributed by atoms with van der Waals surface area (Å²) in [6.07, 6.45) is 2.84. The van der Waals surface area contributed by atoms with Gasteiger partial charge in [-0.25, -0.2) is 0 Å². The van der Waals surface area contributed by atoms with Crippen LogP contribution in [0.3, 0.4) is 0 Å². The Kier molecular flexibility index (Phi) is 4.92. The molecule has 1 N–H and O–H groups in total. The van der Waals surface area contributed by atoms with Crippen molar-refractivity contribution in [2.45, 2.75) is 38.3 Å². The zero-order valence-corrected chi connectivity index (χ0v) is 14.2. The first-order valence-electron chi connectivity index (χ1n) is 8.35. The van der Waals surface area contributed by atoms with Crippen molar-refractivity contribution < 1.29 is 0 Å². The molecule has 1 aliphatic carbocycles. The summed E-state index contributed by atoms with van der Waals surface area (Å²) in [4.78, 5) is 2.78. The summed E-state index contributed by atoms with van der Waals surface area (Å²) in [6, 6.07) is 11.4. The smallest absolute Gasteiger partial charge is 0.0450 e. The van der Waals surface area contributed by atoms with Crippen LogP contribution in [0, 0.1) is 5.92 Å². The van der Waals surface area contributed by atoms with Crippen molar-refractivity contribution in [3.8, 4) is 0 Å². The van der Waals surface area contributed by atoms with Gasteiger partial charge in [0, 0.05) is 37.0 Å². The van der Waals surface area contributed by atoms with Crippen molar-refractivity contribution in [1.82, 2.24) is 10.2 Å². The molecule has 1 heterocycles. The third-order valence-corrected chi connectivity index (χ3v) is 6.08. The second-order valence-electron chi connectivity index (χ2n) is 6.62. The largest absolute Gasteiger partial charge is 0.307 e. The molecular formula is C18H28N2S. The Labute approximate surface area is 133 Å². The van der Waals surface area contributed by atoms with Gasteiger partial charge in [0.2, 0.25) is 0 Å². The number of piperazine rings is 1. The third kappa shape index (κ3) is 3.46. The van der Waals surface area contributed by atoms with E-state index in [1.54, 1.807) is 0 Å². The minimum atomic E-state index is 0.375. The summed E-state index contributed by atoms with van der Waals surface area (Å²) in [5, 5.41) is 3.82. The normalized spacial score (nSPS) is 30.5. The molecular weight excluding hydrogens is 276 g/mol. The summed E-state index contributed by atoms with van der Waals surface area (Å²) in [6.45, 7) is 8.26. The zero-order valence-electron chi connectivity index (χ0n) is 13.3. The van der Waals surface area contributed by atoms with Crippen LogP contribution in [0.15, 0.2) is 30.3 Å². The maximum atomic E-state index is 3.82. The van der Waals surface area contributed by atoms with Crippen LogP contribution in [-0.2, 0) is 0 Å². The summed E-state index contributed by atoms with van der Waals surface area (Å²) < 4.78 is 0. The molecule has 1 aromatic carbocycles. The molecule has 1 saturated carbocycles. The molecule has 0 bridgehead atoms. The predicted octanol–water partition coefficient (Wildman–Crippen LogP) is 3.55. The lowest BCUT2D eigenvalue weighted by Gasteiger charge is -2.49. The molecule has 0 amide bonds. The topological polar surface area (TPSA) is 15.3 Å². The van der Waals surface area contributed by atoms with Gasteiger partial charge in [0.15, 0.2) is 0 Å². The minimum absolute atomic E-state index is 0.375. The molecule has 2 unspecified atom stereocenters. The number of thioether (sulfide) groups is 1. The predicted molar refractivity (Wildman–Crippen MR) is 92.9 cm³/mol. The van der Waals surface area contributed by atoms with E-state index in [0.717, 1.165) is 19.0 Å². The average Bonchev–Trinajstić information content (AvgIpc) is 3.35. The van der Waals surface area contributed by atoms with Gasteiger partial charge in [-0.05, 0) is 37.0 Å². The standard InChI is InChI=1S/C18H28N2S/c1-3-21-12-11-20-13-17(15-7-5-4-6-8-15)19-14-18(20,2)16-9-10-16/h4-8,16-17,19H,3,9-14H2,1-2H3. The SMILES string of the molecule is CCSCCN1CC(c2ccccc2)NCC1(C)C1CC1. The van der Waals surface area contributed by atoms with Gasteiger partial charge in [0.25, 0.3) is 0 Å². The lowest BCUT2D eigenvalue weighted by Crippen LogP contribution is -2.62. The highest BCUT2D eigenvalue weighted by atomic mass is 32.2. The second kappa shape index (κ2) is 6.72. The van der Waals surface area contributed by atoms with Gasteiger partial charge in [0.1, 0.15) is 0 Å². The van der Waals surface area contributed by atoms with Crippen molar-refractivity contribution >= 4 is 11.8 Å². The number of nitrogens with one attached hydrogen (secondary N) is 1. The summed E-state index contributed by atoms with van der Waals surface area (Å²) in [5.41, 5.74) is 1.81. The fourth-order valence-corrected chi connectivity index (χ4v) is 4.26. The average molecular weight is 305 g/mol. The van der Waals surface area contributed by atoms with Crippen molar-refractivity contribution in [2.24, 2.45) is 5.92 Å². The summed E-state index contributed by atoms with van der Waals surface area (Å²) in [5.74, 6) is 3.41. The molecule has 3 rings (SSSR count). The Hall–Kier alpha value is -0.510. The van der Waals surface area contributed by atoms with E-state index in [4.69, 9.17) is 0 Å². The van der Waals surface area contributed by atoms with Crippen LogP contribution < -0.4 is 5.32 Å². The molecule has 0 aromatic heterocycles. The summed E-state index contributed by atoms with van der Waals surface area (Å²) >= 11 is 2.07. The van der Waals surface area contributed by atoms with Crippen LogP contribution >= 0.6 is 11.8 Å². The van der Waals surface area contributed by atoms with Crippen LogP contribution in [0.1, 0.15) is 38.3 Å². The van der Waals surface area contributed by atoms with Crippen LogP contribution in [0.5, 0.6) is 0 Å². The van der Waals surface area contributed by atoms with E-state index >= 15 is 0 Å². The van der Waals surface area contributed by atoms with E-state index < -0.39 is 0 Å². The molecule has 2 fully saturated rings. The van der Waals surface area contributed by atoms with Crippen molar-refractivity contribution in [3.63, 3.8) is 0 Å². The molecule has 3 heteroatoms. The van der Waals surface area contributed by atoms with Gasteiger partial charge in [-0.15, -0.1) is 0 Å². The first-order chi connectivity index (χ1) is 10.2. The monoisotopic (exact) mass is 304 g/mol. The highest BCUT2D eigenvalue weighted by Crippen LogP contribution is 2.45. The van der Waals surface area contributed by atoms with Gasteiger partial charge in [-0.1, -0.05) is 37.3 Å². The number of hydrogen-bond donors (Lipinski definition) is 1. The van der Waals surface area contributed by atoms with Crippen molar-refractivity contribution in [3.05, 3.63) is 35.9 Å². The van der Waals surface area contributed by atoms with Crippen LogP contribution in [-0.4, -0.2) is 41.6 Å². The molecule has 2 atom stereocenters. The molecule has 0 radical (unpaired) electrons. The highest BCUT2D eigenvalue weighted by Gasteiger charge is 2.48. The summed E-state index contributed by atoms with van der Waals surface area (Å²) in [7, 11) is 0. The Morgan fingerprint density at radius 2 is 2.05 bits per heavy atom. The number of nitrogens with zero attached hydrogens (tertiary/aromatic N) is 1. The first-order valence-corrected chi connectivity index (χ1v) is 9.50. The van der Waals surface area contributed by atoms with Gasteiger partial charge >= 0.3 is 0 Å². The molecule has 116 valence electrons. The lowest BCUT2D eigenvalue weighted by atomic mass is 9.88. The second-order valence-corrected chi connectivity index (χ2v) is 8.01. The quantitative estimate of drug-likeness (QED) is 0.809. The van der Waals surface area contributed by atoms with Gasteiger partial charge in [0.05, 0.1) is 0 Å². The first kappa shape index (κ1) is 15.4. The maximum absolute atomic E-state index is 3.82. The Bertz CT molecular complexity index is 446. The fraction of sp³-hybridized carbons (Fsp3) is 0.667. The van der Waals surface area contributed by atoms with E-state index in [1.165, 1.54) is 36.5 Å². The Morgan fingerprint density at radius 3 is 2.71 bits per heavy atom. The fourth-order valence-electron chi connectivity index (χ4n) is 3.62. The lowest BCUT2D eigenvalue weighted by molar-refractivity contribution is 0.0406. The maximum Gasteiger partial charge on any atom is 0.0450 e. The van der Waals surface area contributed by atoms with E-state index in [1.807, 2.05) is 0 Å². The van der Waals surface area contributed by atoms with Crippen LogP contribution in [0.4, 0.5) is 0 Å². The van der Waals surface area contributed by atoms with E-state index in [0.29, 0.717) is 11.6 Å². The van der Waals surface area contributed by atoms with Gasteiger partial charge < -0.3 is 5.32 Å². The zero-order chi connectivity index (χ0) is 14.7. The van der Waals surface area contributed by atoms with Gasteiger partial charge in [-0.2, -0.15) is 11.8 Å². The molecule has 21 heavy (non-hydrogen) atoms. The highest BCUT2D eigenvalue weighted by molar-refractivity contribution is 7.99. The molecule has 1 aromatic rings. The third-order valence-electron chi connectivity index (χ3n) is 5.20. The van der Waals surface area contributed by atoms with E-state index in [2.05, 4.69) is 66.2 Å². The van der Waals surface area contributed by atoms with Crippen LogP contribution in [0.2, 0.25) is 0 Å². The van der Waals surface area contributed by atoms with Crippen molar-refractivity contribution in [1.29, 1.82) is 0 Å². The van der Waals surface area contributed by atoms with E-state index in [-0.39, 0.29) is 0 Å². The Balaban J connectivity index is 1.70. The number of hydrogen-bond acceptors (Lipinski definition) is 3. The van der Waals surface area contributed by atoms with E-state index in [9.17, 15) is 0 Å². The number of benzene rings is 1. The van der Waals surface area contributed by atoms with Crippen LogP contribution in [0.25, 0.3) is 0 Å². The minimum Gasteiger partial charge on any atom is -0.307 e. The molecule has 1 aliphatic heterocycles. The molecule has 2 nitrogen and oxygen atoms in total. The molecule has 2 aliphatic rings. The van der Waals surface area contributed by atoms with Crippen molar-refractivity contribution in [2.75, 3.05) is 31.1 Å².